The molecular formula is C17H33NO. The Morgan fingerprint density at radius 3 is 2.21 bits per heavy atom. The van der Waals surface area contributed by atoms with Crippen LogP contribution in [0.1, 0.15) is 78.6 Å². The maximum atomic E-state index is 6.65. The molecule has 0 heterocycles. The summed E-state index contributed by atoms with van der Waals surface area (Å²) in [5.74, 6) is 0. The Morgan fingerprint density at radius 1 is 1.00 bits per heavy atom. The summed E-state index contributed by atoms with van der Waals surface area (Å²) in [7, 11) is 0. The Hall–Kier alpha value is -0.0800. The minimum absolute atomic E-state index is 0.153. The first-order chi connectivity index (χ1) is 9.05. The zero-order valence-electron chi connectivity index (χ0n) is 13.3. The van der Waals surface area contributed by atoms with Gasteiger partial charge in [-0.3, -0.25) is 0 Å². The molecule has 0 radical (unpaired) electrons. The van der Waals surface area contributed by atoms with Crippen LogP contribution in [-0.4, -0.2) is 24.8 Å². The van der Waals surface area contributed by atoms with Crippen LogP contribution in [0.2, 0.25) is 0 Å². The molecule has 0 aromatic carbocycles. The number of hydrogen-bond donors (Lipinski definition) is 1. The topological polar surface area (TPSA) is 21.3 Å². The molecule has 2 aliphatic rings. The van der Waals surface area contributed by atoms with Crippen LogP contribution in [0.4, 0.5) is 0 Å². The largest absolute Gasteiger partial charge is 0.370 e. The number of nitrogens with one attached hydrogen (secondary N) is 1. The Bertz CT molecular complexity index is 258. The number of ether oxygens (including phenoxy) is 1. The van der Waals surface area contributed by atoms with Gasteiger partial charge in [-0.25, -0.2) is 0 Å². The van der Waals surface area contributed by atoms with Gasteiger partial charge < -0.3 is 10.1 Å². The SMILES string of the molecule is CCNCC1(OC2CCC(C)(C)CC2)CCCCC1. The van der Waals surface area contributed by atoms with Crippen molar-refractivity contribution < 1.29 is 4.74 Å². The third kappa shape index (κ3) is 4.46. The van der Waals surface area contributed by atoms with E-state index < -0.39 is 0 Å². The summed E-state index contributed by atoms with van der Waals surface area (Å²) in [5, 5.41) is 3.54. The van der Waals surface area contributed by atoms with Crippen LogP contribution >= 0.6 is 0 Å². The molecule has 0 saturated heterocycles. The molecule has 0 unspecified atom stereocenters. The van der Waals surface area contributed by atoms with Gasteiger partial charge in [0.05, 0.1) is 11.7 Å². The minimum Gasteiger partial charge on any atom is -0.370 e. The van der Waals surface area contributed by atoms with Gasteiger partial charge in [-0.15, -0.1) is 0 Å². The van der Waals surface area contributed by atoms with E-state index in [9.17, 15) is 0 Å². The highest BCUT2D eigenvalue weighted by Gasteiger charge is 2.37. The van der Waals surface area contributed by atoms with Crippen molar-refractivity contribution in [1.82, 2.24) is 5.32 Å². The van der Waals surface area contributed by atoms with E-state index in [1.807, 2.05) is 0 Å². The van der Waals surface area contributed by atoms with Gasteiger partial charge in [-0.2, -0.15) is 0 Å². The molecule has 2 nitrogen and oxygen atoms in total. The smallest absolute Gasteiger partial charge is 0.0810 e. The average Bonchev–Trinajstić information content (AvgIpc) is 2.40. The van der Waals surface area contributed by atoms with E-state index in [4.69, 9.17) is 4.74 Å². The van der Waals surface area contributed by atoms with Gasteiger partial charge in [0, 0.05) is 6.54 Å². The van der Waals surface area contributed by atoms with E-state index in [1.165, 1.54) is 57.8 Å². The molecular weight excluding hydrogens is 234 g/mol. The number of likely N-dealkylation sites (N-methyl/N-ethyl adjacent to an activating group) is 1. The highest BCUT2D eigenvalue weighted by Crippen LogP contribution is 2.40. The lowest BCUT2D eigenvalue weighted by molar-refractivity contribution is -0.129. The fourth-order valence-electron chi connectivity index (χ4n) is 3.73. The van der Waals surface area contributed by atoms with E-state index >= 15 is 0 Å². The lowest BCUT2D eigenvalue weighted by Crippen LogP contribution is -2.47. The maximum absolute atomic E-state index is 6.65. The molecule has 0 amide bonds. The van der Waals surface area contributed by atoms with Gasteiger partial charge >= 0.3 is 0 Å². The molecule has 0 aromatic heterocycles. The highest BCUT2D eigenvalue weighted by molar-refractivity contribution is 4.89. The lowest BCUT2D eigenvalue weighted by Gasteiger charge is -2.43. The van der Waals surface area contributed by atoms with E-state index in [0.717, 1.165) is 13.1 Å². The monoisotopic (exact) mass is 267 g/mol. The van der Waals surface area contributed by atoms with Gasteiger partial charge in [-0.1, -0.05) is 40.0 Å². The zero-order valence-corrected chi connectivity index (χ0v) is 13.3. The van der Waals surface area contributed by atoms with Crippen LogP contribution in [0, 0.1) is 5.41 Å². The van der Waals surface area contributed by atoms with Crippen LogP contribution in [0.25, 0.3) is 0 Å². The van der Waals surface area contributed by atoms with Crippen LogP contribution < -0.4 is 5.32 Å². The van der Waals surface area contributed by atoms with Crippen molar-refractivity contribution in [2.75, 3.05) is 13.1 Å². The van der Waals surface area contributed by atoms with Gasteiger partial charge in [0.25, 0.3) is 0 Å². The summed E-state index contributed by atoms with van der Waals surface area (Å²) in [4.78, 5) is 0. The molecule has 0 aliphatic heterocycles. The second kappa shape index (κ2) is 6.58. The van der Waals surface area contributed by atoms with Crippen molar-refractivity contribution in [1.29, 1.82) is 0 Å². The summed E-state index contributed by atoms with van der Waals surface area (Å²) < 4.78 is 6.65. The molecule has 0 atom stereocenters. The van der Waals surface area contributed by atoms with Crippen molar-refractivity contribution in [3.8, 4) is 0 Å². The summed E-state index contributed by atoms with van der Waals surface area (Å²) in [6.07, 6.45) is 12.3. The van der Waals surface area contributed by atoms with Crippen molar-refractivity contribution >= 4 is 0 Å². The van der Waals surface area contributed by atoms with Crippen molar-refractivity contribution in [3.63, 3.8) is 0 Å². The van der Waals surface area contributed by atoms with Crippen LogP contribution in [0.5, 0.6) is 0 Å². The van der Waals surface area contributed by atoms with Gasteiger partial charge in [0.1, 0.15) is 0 Å². The summed E-state index contributed by atoms with van der Waals surface area (Å²) in [6, 6.07) is 0. The number of rotatable bonds is 5. The second-order valence-corrected chi connectivity index (χ2v) is 7.51. The maximum Gasteiger partial charge on any atom is 0.0810 e. The molecule has 0 bridgehead atoms. The molecule has 19 heavy (non-hydrogen) atoms. The van der Waals surface area contributed by atoms with Crippen LogP contribution in [-0.2, 0) is 4.74 Å². The Balaban J connectivity index is 1.89. The second-order valence-electron chi connectivity index (χ2n) is 7.51. The number of hydrogen-bond acceptors (Lipinski definition) is 2. The first kappa shape index (κ1) is 15.3. The zero-order chi connectivity index (χ0) is 13.8. The highest BCUT2D eigenvalue weighted by atomic mass is 16.5. The predicted molar refractivity (Wildman–Crippen MR) is 81.5 cm³/mol. The molecule has 2 rings (SSSR count). The Morgan fingerprint density at radius 2 is 1.63 bits per heavy atom. The van der Waals surface area contributed by atoms with Crippen LogP contribution in [0.3, 0.4) is 0 Å². The predicted octanol–water partition coefficient (Wildman–Crippen LogP) is 4.28. The summed E-state index contributed by atoms with van der Waals surface area (Å²) in [5.41, 5.74) is 0.696. The molecule has 112 valence electrons. The van der Waals surface area contributed by atoms with Crippen molar-refractivity contribution in [2.24, 2.45) is 5.41 Å². The van der Waals surface area contributed by atoms with Crippen molar-refractivity contribution in [3.05, 3.63) is 0 Å². The average molecular weight is 267 g/mol. The third-order valence-electron chi connectivity index (χ3n) is 5.16. The summed E-state index contributed by atoms with van der Waals surface area (Å²) in [6.45, 7) is 9.11. The molecule has 2 heteroatoms. The van der Waals surface area contributed by atoms with E-state index in [2.05, 4.69) is 26.1 Å². The lowest BCUT2D eigenvalue weighted by atomic mass is 9.76. The first-order valence-corrected chi connectivity index (χ1v) is 8.44. The molecule has 2 fully saturated rings. The fourth-order valence-corrected chi connectivity index (χ4v) is 3.73. The normalized spacial score (nSPS) is 27.3. The van der Waals surface area contributed by atoms with Gasteiger partial charge in [-0.05, 0) is 50.5 Å². The standard InChI is InChI=1S/C17H33NO/c1-4-18-14-17(10-6-5-7-11-17)19-15-8-12-16(2,3)13-9-15/h15,18H,4-14H2,1-3H3. The van der Waals surface area contributed by atoms with Gasteiger partial charge in [0.15, 0.2) is 0 Å². The van der Waals surface area contributed by atoms with Crippen LogP contribution in [0.15, 0.2) is 0 Å². The van der Waals surface area contributed by atoms with Gasteiger partial charge in [0.2, 0.25) is 0 Å². The minimum atomic E-state index is 0.153. The van der Waals surface area contributed by atoms with Crippen molar-refractivity contribution in [2.45, 2.75) is 90.3 Å². The Labute approximate surface area is 119 Å². The van der Waals surface area contributed by atoms with E-state index in [0.29, 0.717) is 11.5 Å². The fraction of sp³-hybridized carbons (Fsp3) is 1.00. The molecule has 1 N–H and O–H groups in total. The van der Waals surface area contributed by atoms with E-state index in [1.54, 1.807) is 0 Å². The first-order valence-electron chi connectivity index (χ1n) is 8.44. The molecule has 0 aromatic rings. The molecule has 2 saturated carbocycles. The molecule has 2 aliphatic carbocycles. The quantitative estimate of drug-likeness (QED) is 0.802. The third-order valence-corrected chi connectivity index (χ3v) is 5.16. The molecule has 0 spiro atoms. The summed E-state index contributed by atoms with van der Waals surface area (Å²) >= 11 is 0. The van der Waals surface area contributed by atoms with E-state index in [-0.39, 0.29) is 5.60 Å². The Kier molecular flexibility index (Phi) is 5.30.